The van der Waals surface area contributed by atoms with Gasteiger partial charge in [0.2, 0.25) is 11.9 Å². The fraction of sp³-hybridized carbons (Fsp3) is 0.538. The number of aromatic nitrogens is 4. The molecular formula is C13H20N6OS. The molecule has 0 aliphatic heterocycles. The summed E-state index contributed by atoms with van der Waals surface area (Å²) in [6.07, 6.45) is 1.83. The third-order valence-corrected chi connectivity index (χ3v) is 3.63. The van der Waals surface area contributed by atoms with Gasteiger partial charge in [-0.3, -0.25) is 0 Å². The van der Waals surface area contributed by atoms with E-state index in [-0.39, 0.29) is 12.0 Å². The highest BCUT2D eigenvalue weighted by Crippen LogP contribution is 2.18. The van der Waals surface area contributed by atoms with Crippen molar-refractivity contribution in [2.24, 2.45) is 0 Å². The van der Waals surface area contributed by atoms with E-state index >= 15 is 0 Å². The number of nitrogens with one attached hydrogen (secondary N) is 2. The zero-order chi connectivity index (χ0) is 15.2. The molecule has 1 atom stereocenters. The van der Waals surface area contributed by atoms with Crippen LogP contribution in [0.4, 0.5) is 11.9 Å². The van der Waals surface area contributed by atoms with E-state index in [1.54, 1.807) is 18.4 Å². The molecule has 0 saturated carbocycles. The Morgan fingerprint density at radius 2 is 1.95 bits per heavy atom. The van der Waals surface area contributed by atoms with Crippen LogP contribution in [0.2, 0.25) is 0 Å². The summed E-state index contributed by atoms with van der Waals surface area (Å²) in [6.45, 7) is 6.67. The van der Waals surface area contributed by atoms with Crippen LogP contribution in [0.3, 0.4) is 0 Å². The summed E-state index contributed by atoms with van der Waals surface area (Å²) in [4.78, 5) is 17.0. The van der Waals surface area contributed by atoms with Gasteiger partial charge in [0.25, 0.3) is 0 Å². The molecule has 21 heavy (non-hydrogen) atoms. The fourth-order valence-corrected chi connectivity index (χ4v) is 2.32. The number of anilines is 2. The Bertz CT molecular complexity index is 560. The molecule has 0 aromatic carbocycles. The minimum absolute atomic E-state index is 0.0131. The Labute approximate surface area is 128 Å². The lowest BCUT2D eigenvalue weighted by Gasteiger charge is -2.13. The van der Waals surface area contributed by atoms with Crippen molar-refractivity contribution < 1.29 is 4.74 Å². The molecular weight excluding hydrogens is 288 g/mol. The average molecular weight is 308 g/mol. The monoisotopic (exact) mass is 308 g/mol. The van der Waals surface area contributed by atoms with Gasteiger partial charge in [0.05, 0.1) is 11.1 Å². The maximum Gasteiger partial charge on any atom is 0.323 e. The van der Waals surface area contributed by atoms with Crippen LogP contribution in [-0.4, -0.2) is 39.6 Å². The second-order valence-corrected chi connectivity index (χ2v) is 5.76. The van der Waals surface area contributed by atoms with Gasteiger partial charge in [-0.25, -0.2) is 4.98 Å². The molecule has 2 rings (SSSR count). The molecule has 0 saturated heterocycles. The predicted molar refractivity (Wildman–Crippen MR) is 84.2 cm³/mol. The fourth-order valence-electron chi connectivity index (χ4n) is 1.62. The van der Waals surface area contributed by atoms with Crippen molar-refractivity contribution in [1.82, 2.24) is 19.9 Å². The third kappa shape index (κ3) is 4.52. The first-order valence-corrected chi connectivity index (χ1v) is 7.70. The van der Waals surface area contributed by atoms with E-state index in [0.717, 1.165) is 5.01 Å². The molecule has 8 heteroatoms. The lowest BCUT2D eigenvalue weighted by Crippen LogP contribution is -2.15. The van der Waals surface area contributed by atoms with Gasteiger partial charge in [-0.15, -0.1) is 11.3 Å². The highest BCUT2D eigenvalue weighted by molar-refractivity contribution is 7.09. The highest BCUT2D eigenvalue weighted by atomic mass is 32.1. The minimum atomic E-state index is 0.0131. The van der Waals surface area contributed by atoms with Gasteiger partial charge in [-0.05, 0) is 13.8 Å². The van der Waals surface area contributed by atoms with Crippen LogP contribution in [-0.2, 0) is 0 Å². The van der Waals surface area contributed by atoms with Gasteiger partial charge in [0.15, 0.2) is 0 Å². The summed E-state index contributed by atoms with van der Waals surface area (Å²) in [7, 11) is 1.76. The van der Waals surface area contributed by atoms with Crippen molar-refractivity contribution in [1.29, 1.82) is 0 Å². The molecule has 0 spiro atoms. The smallest absolute Gasteiger partial charge is 0.323 e. The van der Waals surface area contributed by atoms with E-state index in [2.05, 4.69) is 37.5 Å². The largest absolute Gasteiger partial charge is 0.461 e. The molecule has 2 heterocycles. The molecule has 1 unspecified atom stereocenters. The Morgan fingerprint density at radius 3 is 2.57 bits per heavy atom. The van der Waals surface area contributed by atoms with Crippen molar-refractivity contribution in [3.63, 3.8) is 0 Å². The first kappa shape index (κ1) is 15.4. The maximum atomic E-state index is 5.52. The first-order valence-electron chi connectivity index (χ1n) is 6.82. The van der Waals surface area contributed by atoms with Crippen LogP contribution in [0, 0.1) is 0 Å². The minimum Gasteiger partial charge on any atom is -0.461 e. The maximum absolute atomic E-state index is 5.52. The van der Waals surface area contributed by atoms with Crippen LogP contribution in [0.5, 0.6) is 6.01 Å². The molecule has 0 aliphatic carbocycles. The zero-order valence-corrected chi connectivity index (χ0v) is 13.4. The van der Waals surface area contributed by atoms with Crippen LogP contribution < -0.4 is 15.4 Å². The number of hydrogen-bond donors (Lipinski definition) is 2. The first-order chi connectivity index (χ1) is 10.1. The molecule has 0 amide bonds. The van der Waals surface area contributed by atoms with Gasteiger partial charge in [0, 0.05) is 31.1 Å². The van der Waals surface area contributed by atoms with Crippen molar-refractivity contribution >= 4 is 23.2 Å². The van der Waals surface area contributed by atoms with E-state index in [4.69, 9.17) is 4.74 Å². The lowest BCUT2D eigenvalue weighted by molar-refractivity contribution is 0.222. The Hall–Kier alpha value is -1.96. The van der Waals surface area contributed by atoms with E-state index in [0.29, 0.717) is 24.5 Å². The highest BCUT2D eigenvalue weighted by Gasteiger charge is 2.11. The van der Waals surface area contributed by atoms with Gasteiger partial charge in [-0.2, -0.15) is 15.0 Å². The Kier molecular flexibility index (Phi) is 5.26. The molecule has 0 fully saturated rings. The molecule has 2 aromatic rings. The number of hydrogen-bond acceptors (Lipinski definition) is 8. The zero-order valence-electron chi connectivity index (χ0n) is 12.6. The summed E-state index contributed by atoms with van der Waals surface area (Å²) in [6, 6.07) is 0.314. The topological polar surface area (TPSA) is 84.9 Å². The molecule has 2 N–H and O–H groups in total. The molecule has 2 aromatic heterocycles. The Morgan fingerprint density at radius 1 is 1.19 bits per heavy atom. The van der Waals surface area contributed by atoms with Crippen molar-refractivity contribution in [3.8, 4) is 6.01 Å². The molecule has 0 radical (unpaired) electrons. The summed E-state index contributed by atoms with van der Waals surface area (Å²) in [5, 5.41) is 9.17. The van der Waals surface area contributed by atoms with Crippen LogP contribution in [0.15, 0.2) is 11.6 Å². The molecule has 0 bridgehead atoms. The summed E-state index contributed by atoms with van der Waals surface area (Å²) in [5.74, 6) is 1.26. The van der Waals surface area contributed by atoms with Crippen LogP contribution >= 0.6 is 11.3 Å². The normalized spacial score (nSPS) is 12.2. The van der Waals surface area contributed by atoms with Gasteiger partial charge in [0.1, 0.15) is 0 Å². The summed E-state index contributed by atoms with van der Waals surface area (Å²) < 4.78 is 5.52. The number of nitrogens with zero attached hydrogens (tertiary/aromatic N) is 4. The average Bonchev–Trinajstić information content (AvgIpc) is 2.98. The lowest BCUT2D eigenvalue weighted by atomic mass is 10.2. The van der Waals surface area contributed by atoms with E-state index in [1.807, 2.05) is 25.4 Å². The number of thiazole rings is 1. The second kappa shape index (κ2) is 7.16. The molecule has 0 aliphatic rings. The van der Waals surface area contributed by atoms with Crippen molar-refractivity contribution in [2.45, 2.75) is 32.8 Å². The van der Waals surface area contributed by atoms with Gasteiger partial charge in [-0.1, -0.05) is 6.92 Å². The Balaban J connectivity index is 2.04. The molecule has 114 valence electrons. The van der Waals surface area contributed by atoms with Crippen molar-refractivity contribution in [3.05, 3.63) is 16.6 Å². The van der Waals surface area contributed by atoms with E-state index in [9.17, 15) is 0 Å². The summed E-state index contributed by atoms with van der Waals surface area (Å²) >= 11 is 1.64. The number of ether oxygens (including phenoxy) is 1. The summed E-state index contributed by atoms with van der Waals surface area (Å²) in [5.41, 5.74) is 0. The van der Waals surface area contributed by atoms with Gasteiger partial charge < -0.3 is 15.4 Å². The van der Waals surface area contributed by atoms with Gasteiger partial charge >= 0.3 is 6.01 Å². The quantitative estimate of drug-likeness (QED) is 0.812. The third-order valence-electron chi connectivity index (χ3n) is 2.62. The number of rotatable bonds is 7. The van der Waals surface area contributed by atoms with Crippen LogP contribution in [0.1, 0.15) is 31.7 Å². The van der Waals surface area contributed by atoms with E-state index in [1.165, 1.54) is 0 Å². The molecule has 7 nitrogen and oxygen atoms in total. The predicted octanol–water partition coefficient (Wildman–Crippen LogP) is 2.37. The van der Waals surface area contributed by atoms with Crippen LogP contribution in [0.25, 0.3) is 0 Å². The van der Waals surface area contributed by atoms with Crippen molar-refractivity contribution in [2.75, 3.05) is 24.2 Å². The second-order valence-electron chi connectivity index (χ2n) is 4.83. The van der Waals surface area contributed by atoms with E-state index < -0.39 is 0 Å². The standard InChI is InChI=1S/C13H20N6OS/c1-8(2)20-13-18-11(14-4)17-12(19-13)16-7-9(3)10-15-5-6-21-10/h5-6,8-9H,7H2,1-4H3,(H2,14,16,17,18,19). The SMILES string of the molecule is CNc1nc(NCC(C)c2nccs2)nc(OC(C)C)n1.